The Morgan fingerprint density at radius 3 is 2.23 bits per heavy atom. The molecule has 166 valence electrons. The molecule has 0 saturated heterocycles. The van der Waals surface area contributed by atoms with E-state index in [0.29, 0.717) is 24.4 Å². The summed E-state index contributed by atoms with van der Waals surface area (Å²) in [6.45, 7) is 0.662. The Morgan fingerprint density at radius 1 is 0.968 bits per heavy atom. The van der Waals surface area contributed by atoms with E-state index in [1.54, 1.807) is 11.9 Å². The fourth-order valence-electron chi connectivity index (χ4n) is 3.91. The Balaban J connectivity index is 1.67. The lowest BCUT2D eigenvalue weighted by Crippen LogP contribution is -2.44. The van der Waals surface area contributed by atoms with Crippen LogP contribution >= 0.6 is 11.6 Å². The van der Waals surface area contributed by atoms with Crippen molar-refractivity contribution in [2.24, 2.45) is 5.92 Å². The van der Waals surface area contributed by atoms with Gasteiger partial charge in [0, 0.05) is 30.6 Å². The molecule has 2 amide bonds. The highest BCUT2D eigenvalue weighted by Gasteiger charge is 2.33. The number of ether oxygens (including phenoxy) is 1. The van der Waals surface area contributed by atoms with Crippen molar-refractivity contribution in [3.05, 3.63) is 70.7 Å². The third kappa shape index (κ3) is 6.45. The fraction of sp³-hybridized carbons (Fsp3) is 0.417. The summed E-state index contributed by atoms with van der Waals surface area (Å²) in [5, 5.41) is 1.94. The van der Waals surface area contributed by atoms with Gasteiger partial charge in [-0.1, -0.05) is 54.1 Å². The number of rotatable bonds is 7. The minimum absolute atomic E-state index is 0.0100. The van der Waals surface area contributed by atoms with E-state index in [2.05, 4.69) is 0 Å². The van der Waals surface area contributed by atoms with Crippen molar-refractivity contribution < 1.29 is 19.2 Å². The van der Waals surface area contributed by atoms with Gasteiger partial charge in [-0.3, -0.25) is 9.63 Å². The second kappa shape index (κ2) is 11.2. The standard InChI is InChI=1S/C24H29ClN2O4/c1-26(30-2)23(28)20-10-14-22(15-11-20)27(16-18-8-12-21(25)13-9-18)24(29)31-17-19-6-4-3-5-7-19/h3-9,12-13,20,22H,10-11,14-17H2,1-2H3. The average molecular weight is 445 g/mol. The van der Waals surface area contributed by atoms with Crippen LogP contribution in [-0.4, -0.2) is 42.2 Å². The van der Waals surface area contributed by atoms with Gasteiger partial charge in [-0.15, -0.1) is 0 Å². The van der Waals surface area contributed by atoms with Gasteiger partial charge in [0.25, 0.3) is 0 Å². The van der Waals surface area contributed by atoms with Gasteiger partial charge in [-0.25, -0.2) is 9.86 Å². The molecular weight excluding hydrogens is 416 g/mol. The first-order chi connectivity index (χ1) is 15.0. The number of hydrogen-bond donors (Lipinski definition) is 0. The van der Waals surface area contributed by atoms with E-state index in [-0.39, 0.29) is 30.6 Å². The zero-order valence-electron chi connectivity index (χ0n) is 18.0. The predicted octanol–water partition coefficient (Wildman–Crippen LogP) is 5.06. The predicted molar refractivity (Wildman–Crippen MR) is 119 cm³/mol. The minimum Gasteiger partial charge on any atom is -0.445 e. The molecule has 0 unspecified atom stereocenters. The molecule has 0 heterocycles. The SMILES string of the molecule is CON(C)C(=O)C1CCC(N(Cc2ccc(Cl)cc2)C(=O)OCc2ccccc2)CC1. The van der Waals surface area contributed by atoms with Crippen LogP contribution in [0.4, 0.5) is 4.79 Å². The zero-order valence-corrected chi connectivity index (χ0v) is 18.8. The van der Waals surface area contributed by atoms with Crippen molar-refractivity contribution in [1.82, 2.24) is 9.96 Å². The molecule has 0 bridgehead atoms. The summed E-state index contributed by atoms with van der Waals surface area (Å²) in [4.78, 5) is 32.3. The summed E-state index contributed by atoms with van der Waals surface area (Å²) >= 11 is 6.01. The van der Waals surface area contributed by atoms with Crippen molar-refractivity contribution in [1.29, 1.82) is 0 Å². The van der Waals surface area contributed by atoms with Crippen LogP contribution in [0.1, 0.15) is 36.8 Å². The first-order valence-electron chi connectivity index (χ1n) is 10.5. The van der Waals surface area contributed by atoms with E-state index in [9.17, 15) is 9.59 Å². The van der Waals surface area contributed by atoms with E-state index in [0.717, 1.165) is 24.0 Å². The number of hydrogen-bond acceptors (Lipinski definition) is 4. The Hall–Kier alpha value is -2.57. The van der Waals surface area contributed by atoms with Crippen LogP contribution in [0, 0.1) is 5.92 Å². The number of amides is 2. The van der Waals surface area contributed by atoms with Crippen LogP contribution in [0.2, 0.25) is 5.02 Å². The number of carbonyl (C=O) groups excluding carboxylic acids is 2. The lowest BCUT2D eigenvalue weighted by Gasteiger charge is -2.36. The molecule has 6 nitrogen and oxygen atoms in total. The summed E-state index contributed by atoms with van der Waals surface area (Å²) in [7, 11) is 3.11. The van der Waals surface area contributed by atoms with Crippen molar-refractivity contribution in [2.75, 3.05) is 14.2 Å². The third-order valence-corrected chi connectivity index (χ3v) is 6.03. The molecule has 0 aliphatic heterocycles. The van der Waals surface area contributed by atoms with Gasteiger partial charge in [0.15, 0.2) is 0 Å². The number of carbonyl (C=O) groups is 2. The van der Waals surface area contributed by atoms with E-state index in [4.69, 9.17) is 21.2 Å². The van der Waals surface area contributed by atoms with Crippen LogP contribution in [0.3, 0.4) is 0 Å². The van der Waals surface area contributed by atoms with Crippen LogP contribution < -0.4 is 0 Å². The second-order valence-electron chi connectivity index (χ2n) is 7.82. The van der Waals surface area contributed by atoms with Gasteiger partial charge >= 0.3 is 6.09 Å². The Labute approximate surface area is 188 Å². The van der Waals surface area contributed by atoms with Crippen LogP contribution in [0.15, 0.2) is 54.6 Å². The highest BCUT2D eigenvalue weighted by Crippen LogP contribution is 2.30. The summed E-state index contributed by atoms with van der Waals surface area (Å²) in [6, 6.07) is 17.1. The van der Waals surface area contributed by atoms with Crippen molar-refractivity contribution in [3.63, 3.8) is 0 Å². The van der Waals surface area contributed by atoms with E-state index in [1.807, 2.05) is 54.6 Å². The second-order valence-corrected chi connectivity index (χ2v) is 8.25. The van der Waals surface area contributed by atoms with E-state index >= 15 is 0 Å². The first kappa shape index (κ1) is 23.1. The van der Waals surface area contributed by atoms with Gasteiger partial charge in [-0.05, 0) is 48.9 Å². The largest absolute Gasteiger partial charge is 0.445 e. The highest BCUT2D eigenvalue weighted by molar-refractivity contribution is 6.30. The van der Waals surface area contributed by atoms with Crippen LogP contribution in [-0.2, 0) is 27.5 Å². The molecule has 0 spiro atoms. The maximum atomic E-state index is 13.0. The maximum Gasteiger partial charge on any atom is 0.410 e. The summed E-state index contributed by atoms with van der Waals surface area (Å²) in [5.74, 6) is -0.101. The monoisotopic (exact) mass is 444 g/mol. The van der Waals surface area contributed by atoms with Gasteiger partial charge in [0.2, 0.25) is 5.91 Å². The molecule has 0 N–H and O–H groups in total. The lowest BCUT2D eigenvalue weighted by molar-refractivity contribution is -0.174. The quantitative estimate of drug-likeness (QED) is 0.560. The summed E-state index contributed by atoms with van der Waals surface area (Å²) in [5.41, 5.74) is 1.93. The molecule has 1 aliphatic rings. The third-order valence-electron chi connectivity index (χ3n) is 5.78. The Morgan fingerprint density at radius 2 is 1.61 bits per heavy atom. The smallest absolute Gasteiger partial charge is 0.410 e. The van der Waals surface area contributed by atoms with E-state index < -0.39 is 0 Å². The molecule has 0 radical (unpaired) electrons. The fourth-order valence-corrected chi connectivity index (χ4v) is 4.04. The van der Waals surface area contributed by atoms with Gasteiger partial charge in [-0.2, -0.15) is 0 Å². The topological polar surface area (TPSA) is 59.1 Å². The van der Waals surface area contributed by atoms with Crippen molar-refractivity contribution in [2.45, 2.75) is 44.9 Å². The van der Waals surface area contributed by atoms with Gasteiger partial charge in [0.1, 0.15) is 6.61 Å². The van der Waals surface area contributed by atoms with E-state index in [1.165, 1.54) is 12.2 Å². The molecule has 1 aliphatic carbocycles. The zero-order chi connectivity index (χ0) is 22.2. The van der Waals surface area contributed by atoms with Crippen molar-refractivity contribution in [3.8, 4) is 0 Å². The molecule has 3 rings (SSSR count). The molecule has 2 aromatic carbocycles. The van der Waals surface area contributed by atoms with Crippen LogP contribution in [0.5, 0.6) is 0 Å². The first-order valence-corrected chi connectivity index (χ1v) is 10.9. The number of hydroxylamine groups is 2. The lowest BCUT2D eigenvalue weighted by atomic mass is 9.84. The number of benzene rings is 2. The normalized spacial score (nSPS) is 18.3. The summed E-state index contributed by atoms with van der Waals surface area (Å²) in [6.07, 6.45) is 2.55. The molecule has 0 atom stereocenters. The molecule has 7 heteroatoms. The molecule has 1 saturated carbocycles. The molecule has 31 heavy (non-hydrogen) atoms. The maximum absolute atomic E-state index is 13.0. The Bertz CT molecular complexity index is 852. The Kier molecular flexibility index (Phi) is 8.32. The molecular formula is C24H29ClN2O4. The summed E-state index contributed by atoms with van der Waals surface area (Å²) < 4.78 is 5.64. The number of nitrogens with zero attached hydrogens (tertiary/aromatic N) is 2. The highest BCUT2D eigenvalue weighted by atomic mass is 35.5. The van der Waals surface area contributed by atoms with Gasteiger partial charge in [0.05, 0.1) is 7.11 Å². The average Bonchev–Trinajstić information content (AvgIpc) is 2.82. The molecule has 0 aromatic heterocycles. The molecule has 2 aromatic rings. The van der Waals surface area contributed by atoms with Crippen molar-refractivity contribution >= 4 is 23.6 Å². The van der Waals surface area contributed by atoms with Crippen LogP contribution in [0.25, 0.3) is 0 Å². The molecule has 1 fully saturated rings. The number of halogens is 1. The minimum atomic E-state index is -0.345. The van der Waals surface area contributed by atoms with Gasteiger partial charge < -0.3 is 9.64 Å².